The first kappa shape index (κ1) is 32.3. The second-order valence-corrected chi connectivity index (χ2v) is 11.1. The summed E-state index contributed by atoms with van der Waals surface area (Å²) < 4.78 is 2.41. The Kier molecular flexibility index (Phi) is 10.1. The second-order valence-electron chi connectivity index (χ2n) is 11.1. The minimum Gasteiger partial charge on any atom is -0.368 e. The van der Waals surface area contributed by atoms with Gasteiger partial charge >= 0.3 is 5.69 Å². The molecule has 0 spiro atoms. The Balaban J connectivity index is 0.00000442. The number of anilines is 1. The lowest BCUT2D eigenvalue weighted by Gasteiger charge is -2.35. The number of benzene rings is 2. The molecule has 232 valence electrons. The third-order valence-electron chi connectivity index (χ3n) is 8.30. The number of nitrogens with one attached hydrogen (secondary N) is 1. The second kappa shape index (κ2) is 13.8. The SMILES string of the molecule is Cl.Cn1cc(-c2ccc(C[C@@H](C(N)=O)N(C(=O)C3CCC(CN)CC3)c3ccc(-c4nn[nH]n4)cc3)cc2)c(=O)n(C)c1=O. The predicted molar refractivity (Wildman–Crippen MR) is 168 cm³/mol. The minimum absolute atomic E-state index is 0. The number of amides is 2. The molecule has 4 aromatic rings. The maximum Gasteiger partial charge on any atom is 0.330 e. The van der Waals surface area contributed by atoms with Crippen molar-refractivity contribution in [3.05, 3.63) is 81.1 Å². The summed E-state index contributed by atoms with van der Waals surface area (Å²) in [6.07, 6.45) is 4.75. The van der Waals surface area contributed by atoms with E-state index in [1.165, 1.54) is 22.7 Å². The van der Waals surface area contributed by atoms with Gasteiger partial charge in [-0.05, 0) is 78.8 Å². The maximum atomic E-state index is 14.1. The number of aromatic nitrogens is 6. The van der Waals surface area contributed by atoms with Crippen LogP contribution in [0.4, 0.5) is 5.69 Å². The Labute approximate surface area is 259 Å². The number of hydrogen-bond acceptors (Lipinski definition) is 8. The molecule has 1 saturated carbocycles. The van der Waals surface area contributed by atoms with Gasteiger partial charge in [-0.2, -0.15) is 5.21 Å². The van der Waals surface area contributed by atoms with E-state index in [4.69, 9.17) is 11.5 Å². The van der Waals surface area contributed by atoms with Gasteiger partial charge in [-0.3, -0.25) is 23.9 Å². The van der Waals surface area contributed by atoms with Gasteiger partial charge in [-0.25, -0.2) is 4.79 Å². The fraction of sp³-hybridized carbons (Fsp3) is 0.367. The van der Waals surface area contributed by atoms with Crippen molar-refractivity contribution in [1.82, 2.24) is 29.8 Å². The van der Waals surface area contributed by atoms with Crippen LogP contribution in [0, 0.1) is 11.8 Å². The Morgan fingerprint density at radius 2 is 1.64 bits per heavy atom. The number of primary amides is 1. The van der Waals surface area contributed by atoms with Crippen molar-refractivity contribution >= 4 is 29.9 Å². The highest BCUT2D eigenvalue weighted by atomic mass is 35.5. The van der Waals surface area contributed by atoms with Crippen LogP contribution >= 0.6 is 12.4 Å². The summed E-state index contributed by atoms with van der Waals surface area (Å²) in [6.45, 7) is 0.591. The standard InChI is InChI=1S/C30H35N9O4.ClH/c1-37-17-24(29(42)38(2)30(37)43)20-7-3-18(4-8-20)15-25(26(32)40)39(28(41)22-9-5-19(16-31)6-10-22)23-13-11-21(12-14-23)27-33-35-36-34-27;/h3-4,7-8,11-14,17,19,22,25H,5-6,9-10,15-16,31H2,1-2H3,(H2,32,40)(H,33,34,35,36);1H/t19?,22?,25-;/m0./s1. The quantitative estimate of drug-likeness (QED) is 0.251. The molecule has 14 heteroatoms. The first-order chi connectivity index (χ1) is 20.7. The van der Waals surface area contributed by atoms with E-state index in [-0.39, 0.29) is 30.7 Å². The number of nitrogens with zero attached hydrogens (tertiary/aromatic N) is 6. The van der Waals surface area contributed by atoms with Crippen molar-refractivity contribution in [3.8, 4) is 22.5 Å². The van der Waals surface area contributed by atoms with E-state index in [2.05, 4.69) is 20.6 Å². The van der Waals surface area contributed by atoms with Crippen molar-refractivity contribution in [1.29, 1.82) is 0 Å². The molecule has 2 aromatic heterocycles. The van der Waals surface area contributed by atoms with Crippen LogP contribution in [0.2, 0.25) is 0 Å². The summed E-state index contributed by atoms with van der Waals surface area (Å²) in [5.41, 5.74) is 14.0. The number of halogens is 1. The molecule has 1 aliphatic carbocycles. The summed E-state index contributed by atoms with van der Waals surface area (Å²) in [5.74, 6) is -0.255. The fourth-order valence-corrected chi connectivity index (χ4v) is 5.73. The maximum absolute atomic E-state index is 14.1. The number of hydrogen-bond donors (Lipinski definition) is 3. The lowest BCUT2D eigenvalue weighted by atomic mass is 9.81. The number of carbonyl (C=O) groups excluding carboxylic acids is 2. The molecule has 1 aliphatic rings. The number of nitrogens with two attached hydrogens (primary N) is 2. The summed E-state index contributed by atoms with van der Waals surface area (Å²) in [7, 11) is 3.02. The van der Waals surface area contributed by atoms with Gasteiger partial charge in [0.15, 0.2) is 0 Å². The highest BCUT2D eigenvalue weighted by Gasteiger charge is 2.36. The van der Waals surface area contributed by atoms with Crippen molar-refractivity contribution < 1.29 is 9.59 Å². The molecule has 44 heavy (non-hydrogen) atoms. The van der Waals surface area contributed by atoms with Gasteiger partial charge in [0.05, 0.1) is 5.56 Å². The van der Waals surface area contributed by atoms with E-state index in [1.54, 1.807) is 55.6 Å². The lowest BCUT2D eigenvalue weighted by Crippen LogP contribution is -2.52. The molecule has 0 unspecified atom stereocenters. The van der Waals surface area contributed by atoms with Crippen LogP contribution in [-0.2, 0) is 30.1 Å². The number of H-pyrrole nitrogens is 1. The van der Waals surface area contributed by atoms with E-state index in [1.807, 2.05) is 0 Å². The molecule has 1 fully saturated rings. The molecule has 2 aromatic carbocycles. The molecule has 1 atom stereocenters. The number of carbonyl (C=O) groups is 2. The highest BCUT2D eigenvalue weighted by Crippen LogP contribution is 2.33. The third kappa shape index (κ3) is 6.63. The van der Waals surface area contributed by atoms with Crippen LogP contribution in [0.1, 0.15) is 31.2 Å². The zero-order valence-electron chi connectivity index (χ0n) is 24.6. The molecule has 0 bridgehead atoms. The smallest absolute Gasteiger partial charge is 0.330 e. The van der Waals surface area contributed by atoms with E-state index >= 15 is 0 Å². The van der Waals surface area contributed by atoms with E-state index < -0.39 is 23.2 Å². The van der Waals surface area contributed by atoms with Gasteiger partial charge in [0.25, 0.3) is 5.56 Å². The summed E-state index contributed by atoms with van der Waals surface area (Å²) in [6, 6.07) is 13.2. The lowest BCUT2D eigenvalue weighted by molar-refractivity contribution is -0.127. The molecule has 0 radical (unpaired) electrons. The Morgan fingerprint density at radius 3 is 2.20 bits per heavy atom. The van der Waals surface area contributed by atoms with Crippen LogP contribution in [0.5, 0.6) is 0 Å². The summed E-state index contributed by atoms with van der Waals surface area (Å²) >= 11 is 0. The third-order valence-corrected chi connectivity index (χ3v) is 8.30. The van der Waals surface area contributed by atoms with E-state index in [0.717, 1.165) is 23.0 Å². The normalized spacial score (nSPS) is 17.0. The number of aromatic amines is 1. The number of tetrazole rings is 1. The van der Waals surface area contributed by atoms with Gasteiger partial charge in [0, 0.05) is 43.9 Å². The Hall–Kier alpha value is -4.62. The molecule has 0 aliphatic heterocycles. The predicted octanol–water partition coefficient (Wildman–Crippen LogP) is 1.55. The monoisotopic (exact) mass is 621 g/mol. The Morgan fingerprint density at radius 1 is 1.00 bits per heavy atom. The fourth-order valence-electron chi connectivity index (χ4n) is 5.73. The van der Waals surface area contributed by atoms with Gasteiger partial charge in [0.1, 0.15) is 6.04 Å². The molecular weight excluding hydrogens is 586 g/mol. The molecular formula is C30H36ClN9O4. The largest absolute Gasteiger partial charge is 0.368 e. The average molecular weight is 622 g/mol. The highest BCUT2D eigenvalue weighted by molar-refractivity contribution is 6.01. The number of rotatable bonds is 9. The van der Waals surface area contributed by atoms with Crippen molar-refractivity contribution in [2.45, 2.75) is 38.1 Å². The molecule has 2 heterocycles. The molecule has 0 saturated heterocycles. The topological polar surface area (TPSA) is 188 Å². The van der Waals surface area contributed by atoms with Gasteiger partial charge in [-0.1, -0.05) is 24.3 Å². The van der Waals surface area contributed by atoms with Crippen LogP contribution in [0.3, 0.4) is 0 Å². The first-order valence-electron chi connectivity index (χ1n) is 14.2. The van der Waals surface area contributed by atoms with Crippen molar-refractivity contribution in [2.75, 3.05) is 11.4 Å². The van der Waals surface area contributed by atoms with Crippen LogP contribution in [0.25, 0.3) is 22.5 Å². The number of aryl methyl sites for hydroxylation is 1. The van der Waals surface area contributed by atoms with Crippen molar-refractivity contribution in [2.24, 2.45) is 37.4 Å². The average Bonchev–Trinajstić information content (AvgIpc) is 3.57. The van der Waals surface area contributed by atoms with Gasteiger partial charge in [-0.15, -0.1) is 22.6 Å². The van der Waals surface area contributed by atoms with Gasteiger partial charge < -0.3 is 16.0 Å². The molecule has 2 amide bonds. The molecule has 5 rings (SSSR count). The summed E-state index contributed by atoms with van der Waals surface area (Å²) in [4.78, 5) is 53.4. The molecule has 5 N–H and O–H groups in total. The van der Waals surface area contributed by atoms with Gasteiger partial charge in [0.2, 0.25) is 17.6 Å². The van der Waals surface area contributed by atoms with Crippen molar-refractivity contribution in [3.63, 3.8) is 0 Å². The van der Waals surface area contributed by atoms with E-state index in [9.17, 15) is 19.2 Å². The van der Waals surface area contributed by atoms with Crippen LogP contribution in [-0.4, -0.2) is 54.2 Å². The first-order valence-corrected chi connectivity index (χ1v) is 14.2. The Bertz CT molecular complexity index is 1710. The van der Waals surface area contributed by atoms with E-state index in [0.29, 0.717) is 53.5 Å². The summed E-state index contributed by atoms with van der Waals surface area (Å²) in [5, 5.41) is 14.0. The zero-order valence-corrected chi connectivity index (χ0v) is 25.4. The molecule has 13 nitrogen and oxygen atoms in total. The minimum atomic E-state index is -0.966. The zero-order chi connectivity index (χ0) is 30.7. The van der Waals surface area contributed by atoms with Crippen LogP contribution in [0.15, 0.2) is 64.3 Å². The van der Waals surface area contributed by atoms with Crippen LogP contribution < -0.4 is 27.6 Å².